The molecule has 15 heteroatoms. The first-order chi connectivity index (χ1) is 15.7. The molecule has 0 rings (SSSR count). The Labute approximate surface area is 203 Å². The molecule has 0 aromatic carbocycles. The van der Waals surface area contributed by atoms with E-state index >= 15 is 0 Å². The van der Waals surface area contributed by atoms with E-state index in [1.54, 1.807) is 0 Å². The molecule has 0 aromatic heterocycles. The third-order valence-electron chi connectivity index (χ3n) is 4.13. The minimum atomic E-state index is -1.12. The minimum Gasteiger partial charge on any atom is -0.480 e. The van der Waals surface area contributed by atoms with E-state index in [4.69, 9.17) is 0 Å². The van der Waals surface area contributed by atoms with Crippen molar-refractivity contribution in [1.29, 1.82) is 0 Å². The molecule has 0 aliphatic carbocycles. The van der Waals surface area contributed by atoms with Crippen LogP contribution < -0.4 is 10.6 Å². The van der Waals surface area contributed by atoms with Gasteiger partial charge in [-0.1, -0.05) is 0 Å². The van der Waals surface area contributed by atoms with Gasteiger partial charge >= 0.3 is 18.2 Å². The van der Waals surface area contributed by atoms with E-state index in [-0.39, 0.29) is 45.8 Å². The Balaban J connectivity index is 5.10. The van der Waals surface area contributed by atoms with Gasteiger partial charge in [-0.05, 0) is 0 Å². The number of hydrogen-bond acceptors (Lipinski definition) is 10. The summed E-state index contributed by atoms with van der Waals surface area (Å²) in [6.07, 6.45) is -1.49. The lowest BCUT2D eigenvalue weighted by Crippen LogP contribution is -2.48. The Bertz CT molecular complexity index is 609. The highest BCUT2D eigenvalue weighted by molar-refractivity contribution is 7.80. The maximum absolute atomic E-state index is 12.0. The first-order valence-electron chi connectivity index (χ1n) is 10.0. The van der Waals surface area contributed by atoms with Crippen LogP contribution in [0.2, 0.25) is 0 Å². The average molecular weight is 512 g/mol. The number of amides is 4. The molecule has 3 N–H and O–H groups in total. The first-order valence-corrected chi connectivity index (χ1v) is 11.3. The van der Waals surface area contributed by atoms with Gasteiger partial charge in [-0.15, -0.1) is 0 Å². The number of nitrogens with one attached hydrogen (secondary N) is 2. The summed E-state index contributed by atoms with van der Waals surface area (Å²) < 4.78 is 9.38. The van der Waals surface area contributed by atoms with E-state index in [0.717, 1.165) is 9.80 Å². The maximum Gasteiger partial charge on any atom is 0.409 e. The number of thiol groups is 2. The highest BCUT2D eigenvalue weighted by atomic mass is 32.1. The third-order valence-corrected chi connectivity index (χ3v) is 4.58. The molecular weight excluding hydrogens is 478 g/mol. The molecule has 0 saturated heterocycles. The number of carbonyl (C=O) groups excluding carboxylic acids is 4. The second-order valence-electron chi connectivity index (χ2n) is 6.60. The SMILES string of the molecule is COC(=O)N(CCN(CCN(CC(=O)NCCS)C(=O)OC)CC(=O)O)CC(=O)NCCS. The number of aliphatic carboxylic acids is 1. The van der Waals surface area contributed by atoms with E-state index in [9.17, 15) is 29.1 Å². The molecule has 0 bridgehead atoms. The summed E-state index contributed by atoms with van der Waals surface area (Å²) in [4.78, 5) is 62.9. The quantitative estimate of drug-likeness (QED) is 0.157. The van der Waals surface area contributed by atoms with Gasteiger partial charge in [0.2, 0.25) is 11.8 Å². The zero-order chi connectivity index (χ0) is 25.2. The molecule has 0 aliphatic heterocycles. The highest BCUT2D eigenvalue weighted by Crippen LogP contribution is 2.00. The van der Waals surface area contributed by atoms with Crippen LogP contribution in [0.1, 0.15) is 0 Å². The summed E-state index contributed by atoms with van der Waals surface area (Å²) in [6.45, 7) is -0.155. The van der Waals surface area contributed by atoms with Crippen LogP contribution in [0.4, 0.5) is 9.59 Å². The first kappa shape index (κ1) is 30.6. The van der Waals surface area contributed by atoms with E-state index in [0.29, 0.717) is 24.6 Å². The van der Waals surface area contributed by atoms with Gasteiger partial charge in [0.05, 0.1) is 20.8 Å². The Morgan fingerprint density at radius 2 is 1.12 bits per heavy atom. The molecule has 0 atom stereocenters. The van der Waals surface area contributed by atoms with Gasteiger partial charge in [0.15, 0.2) is 0 Å². The zero-order valence-electron chi connectivity index (χ0n) is 18.8. The maximum atomic E-state index is 12.0. The van der Waals surface area contributed by atoms with Crippen molar-refractivity contribution in [3.05, 3.63) is 0 Å². The van der Waals surface area contributed by atoms with E-state index in [2.05, 4.69) is 45.4 Å². The van der Waals surface area contributed by atoms with Crippen LogP contribution in [-0.4, -0.2) is 134 Å². The predicted octanol–water partition coefficient (Wildman–Crippen LogP) is -1.40. The van der Waals surface area contributed by atoms with Gasteiger partial charge in [-0.25, -0.2) is 9.59 Å². The topological polar surface area (TPSA) is 158 Å². The monoisotopic (exact) mass is 511 g/mol. The average Bonchev–Trinajstić information content (AvgIpc) is 2.79. The van der Waals surface area contributed by atoms with Crippen molar-refractivity contribution in [3.8, 4) is 0 Å². The molecule has 0 saturated carbocycles. The van der Waals surface area contributed by atoms with Crippen molar-refractivity contribution in [2.75, 3.05) is 84.6 Å². The minimum absolute atomic E-state index is 0.00506. The second-order valence-corrected chi connectivity index (χ2v) is 7.49. The van der Waals surface area contributed by atoms with Crippen molar-refractivity contribution in [1.82, 2.24) is 25.3 Å². The molecule has 0 radical (unpaired) electrons. The Morgan fingerprint density at radius 1 is 0.727 bits per heavy atom. The van der Waals surface area contributed by atoms with E-state index < -0.39 is 30.0 Å². The van der Waals surface area contributed by atoms with Crippen molar-refractivity contribution in [2.45, 2.75) is 0 Å². The van der Waals surface area contributed by atoms with Gasteiger partial charge < -0.3 is 25.2 Å². The van der Waals surface area contributed by atoms with Crippen molar-refractivity contribution in [2.24, 2.45) is 0 Å². The van der Waals surface area contributed by atoms with Crippen molar-refractivity contribution < 1.29 is 38.6 Å². The van der Waals surface area contributed by atoms with Crippen LogP contribution in [0.25, 0.3) is 0 Å². The summed E-state index contributed by atoms with van der Waals surface area (Å²) in [7, 11) is 2.34. The van der Waals surface area contributed by atoms with Gasteiger partial charge in [0, 0.05) is 50.8 Å². The van der Waals surface area contributed by atoms with Gasteiger partial charge in [0.25, 0.3) is 0 Å². The normalized spacial score (nSPS) is 10.3. The molecule has 0 spiro atoms. The number of carbonyl (C=O) groups is 5. The smallest absolute Gasteiger partial charge is 0.409 e. The fourth-order valence-electron chi connectivity index (χ4n) is 2.56. The largest absolute Gasteiger partial charge is 0.480 e. The number of nitrogens with zero attached hydrogens (tertiary/aromatic N) is 3. The molecular formula is C18H33N5O8S2. The molecule has 4 amide bonds. The van der Waals surface area contributed by atoms with Crippen LogP contribution in [-0.2, 0) is 23.9 Å². The van der Waals surface area contributed by atoms with E-state index in [1.807, 2.05) is 0 Å². The summed E-state index contributed by atoms with van der Waals surface area (Å²) in [5.41, 5.74) is 0. The van der Waals surface area contributed by atoms with Crippen LogP contribution in [0, 0.1) is 0 Å². The lowest BCUT2D eigenvalue weighted by atomic mass is 10.3. The van der Waals surface area contributed by atoms with Crippen LogP contribution in [0.15, 0.2) is 0 Å². The summed E-state index contributed by atoms with van der Waals surface area (Å²) in [6, 6.07) is 0. The molecule has 0 heterocycles. The number of methoxy groups -OCH3 is 2. The number of hydrogen-bond donors (Lipinski definition) is 5. The summed E-state index contributed by atoms with van der Waals surface area (Å²) >= 11 is 7.99. The van der Waals surface area contributed by atoms with Gasteiger partial charge in [-0.2, -0.15) is 25.3 Å². The van der Waals surface area contributed by atoms with Gasteiger partial charge in [-0.3, -0.25) is 29.1 Å². The molecule has 0 unspecified atom stereocenters. The Kier molecular flexibility index (Phi) is 16.8. The van der Waals surface area contributed by atoms with Crippen molar-refractivity contribution >= 4 is 55.2 Å². The Morgan fingerprint density at radius 3 is 1.42 bits per heavy atom. The molecule has 0 fully saturated rings. The fraction of sp³-hybridized carbons (Fsp3) is 0.722. The second kappa shape index (κ2) is 18.1. The Hall–Kier alpha value is -2.39. The number of ether oxygens (including phenoxy) is 2. The van der Waals surface area contributed by atoms with Crippen LogP contribution >= 0.6 is 25.3 Å². The summed E-state index contributed by atoms with van der Waals surface area (Å²) in [5.74, 6) is -1.09. The molecule has 0 aromatic rings. The van der Waals surface area contributed by atoms with Crippen LogP contribution in [0.5, 0.6) is 0 Å². The van der Waals surface area contributed by atoms with E-state index in [1.165, 1.54) is 19.1 Å². The third kappa shape index (κ3) is 14.4. The molecule has 33 heavy (non-hydrogen) atoms. The number of rotatable bonds is 16. The molecule has 190 valence electrons. The highest BCUT2D eigenvalue weighted by Gasteiger charge is 2.22. The van der Waals surface area contributed by atoms with Crippen molar-refractivity contribution in [3.63, 3.8) is 0 Å². The lowest BCUT2D eigenvalue weighted by Gasteiger charge is -2.28. The fourth-order valence-corrected chi connectivity index (χ4v) is 2.79. The number of carboxylic acid groups (broad SMARTS) is 1. The predicted molar refractivity (Wildman–Crippen MR) is 126 cm³/mol. The zero-order valence-corrected chi connectivity index (χ0v) is 20.6. The van der Waals surface area contributed by atoms with Gasteiger partial charge in [0.1, 0.15) is 13.1 Å². The number of carboxylic acids is 1. The lowest BCUT2D eigenvalue weighted by molar-refractivity contribution is -0.138. The molecule has 0 aliphatic rings. The molecule has 13 nitrogen and oxygen atoms in total. The van der Waals surface area contributed by atoms with Crippen LogP contribution in [0.3, 0.4) is 0 Å². The summed E-state index contributed by atoms with van der Waals surface area (Å²) in [5, 5.41) is 14.4. The standard InChI is InChI=1S/C18H33N5O8S2/c1-30-17(28)22(11-14(24)19-3-9-32)7-5-21(13-16(26)27)6-8-23(18(29)31-2)12-15(25)20-4-10-33/h32-33H,3-13H2,1-2H3,(H,19,24)(H,20,25)(H,26,27).